The van der Waals surface area contributed by atoms with Crippen LogP contribution in [0.25, 0.3) is 11.1 Å². The summed E-state index contributed by atoms with van der Waals surface area (Å²) < 4.78 is 1.69. The number of hydrogen-bond donors (Lipinski definition) is 2. The summed E-state index contributed by atoms with van der Waals surface area (Å²) in [6.45, 7) is 0.952. The molecule has 0 aliphatic carbocycles. The number of nitrogens with two attached hydrogens (primary N) is 1. The molecule has 5 heteroatoms. The molecule has 5 nitrogen and oxygen atoms in total. The van der Waals surface area contributed by atoms with Crippen molar-refractivity contribution in [3.63, 3.8) is 0 Å². The average Bonchev–Trinajstić information content (AvgIpc) is 2.42. The summed E-state index contributed by atoms with van der Waals surface area (Å²) in [6, 6.07) is 7.49. The van der Waals surface area contributed by atoms with E-state index in [0.717, 1.165) is 11.1 Å². The van der Waals surface area contributed by atoms with E-state index in [1.165, 1.54) is 0 Å². The van der Waals surface area contributed by atoms with E-state index in [0.29, 0.717) is 18.7 Å². The Morgan fingerprint density at radius 1 is 1.33 bits per heavy atom. The summed E-state index contributed by atoms with van der Waals surface area (Å²) in [4.78, 5) is 3.96. The highest BCUT2D eigenvalue weighted by Gasteiger charge is 2.05. The van der Waals surface area contributed by atoms with Crippen molar-refractivity contribution in [3.8, 4) is 17.2 Å². The number of hydrogen-bond acceptors (Lipinski definition) is 4. The third kappa shape index (κ3) is 2.29. The molecule has 2 rings (SSSR count). The third-order valence-electron chi connectivity index (χ3n) is 2.64. The summed E-state index contributed by atoms with van der Waals surface area (Å²) in [5, 5.41) is 16.9. The van der Waals surface area contributed by atoms with Gasteiger partial charge in [0.05, 0.1) is 5.56 Å². The van der Waals surface area contributed by atoms with Gasteiger partial charge in [-0.3, -0.25) is 10.4 Å². The number of pyridine rings is 2. The molecular weight excluding hydrogens is 226 g/mol. The maximum atomic E-state index is 9.06. The Morgan fingerprint density at radius 3 is 2.67 bits per heavy atom. The Labute approximate surface area is 105 Å². The minimum atomic E-state index is 0.195. The minimum Gasteiger partial charge on any atom is -0.331 e. The summed E-state index contributed by atoms with van der Waals surface area (Å²) in [5.74, 6) is 0. The van der Waals surface area contributed by atoms with Gasteiger partial charge in [-0.05, 0) is 29.3 Å². The quantitative estimate of drug-likeness (QED) is 0.832. The second kappa shape index (κ2) is 5.25. The minimum absolute atomic E-state index is 0.195. The number of nitrogens with one attached hydrogen (secondary N) is 1. The zero-order chi connectivity index (χ0) is 13.0. The van der Waals surface area contributed by atoms with E-state index < -0.39 is 0 Å². The van der Waals surface area contributed by atoms with Crippen LogP contribution in [0, 0.1) is 16.7 Å². The van der Waals surface area contributed by atoms with Crippen LogP contribution >= 0.6 is 0 Å². The van der Waals surface area contributed by atoms with Gasteiger partial charge in [-0.25, -0.2) is 0 Å². The topological polar surface area (TPSA) is 91.5 Å². The Balaban J connectivity index is 2.60. The fraction of sp³-hybridized carbons (Fsp3) is 0.154. The predicted octanol–water partition coefficient (Wildman–Crippen LogP) is 0.860. The maximum Gasteiger partial charge on any atom is 0.143 e. The molecule has 0 unspecified atom stereocenters. The van der Waals surface area contributed by atoms with Crippen LogP contribution in [0.2, 0.25) is 0 Å². The van der Waals surface area contributed by atoms with E-state index in [4.69, 9.17) is 16.4 Å². The van der Waals surface area contributed by atoms with Crippen molar-refractivity contribution in [2.24, 2.45) is 5.73 Å². The molecule has 0 radical (unpaired) electrons. The molecule has 0 bridgehead atoms. The molecule has 0 aliphatic heterocycles. The van der Waals surface area contributed by atoms with Crippen LogP contribution < -0.4 is 11.2 Å². The lowest BCUT2D eigenvalue weighted by Gasteiger charge is -2.09. The van der Waals surface area contributed by atoms with E-state index in [1.807, 2.05) is 24.4 Å². The summed E-state index contributed by atoms with van der Waals surface area (Å²) in [5.41, 5.74) is 7.91. The highest BCUT2D eigenvalue weighted by Crippen LogP contribution is 2.17. The van der Waals surface area contributed by atoms with Gasteiger partial charge in [0.15, 0.2) is 0 Å². The van der Waals surface area contributed by atoms with Crippen LogP contribution in [0.3, 0.4) is 0 Å². The molecule has 0 fully saturated rings. The SMILES string of the molecule is N#Cc1cc(-c2ccncc2)cn(CCN)c1=N. The first-order valence-electron chi connectivity index (χ1n) is 5.56. The normalized spacial score (nSPS) is 10.0. The van der Waals surface area contributed by atoms with Crippen LogP contribution in [0.4, 0.5) is 0 Å². The van der Waals surface area contributed by atoms with E-state index >= 15 is 0 Å². The van der Waals surface area contributed by atoms with Crippen LogP contribution in [0.1, 0.15) is 5.56 Å². The first-order chi connectivity index (χ1) is 8.76. The molecule has 2 aromatic rings. The molecule has 0 saturated heterocycles. The smallest absolute Gasteiger partial charge is 0.143 e. The van der Waals surface area contributed by atoms with Crippen LogP contribution in [0.5, 0.6) is 0 Å². The lowest BCUT2D eigenvalue weighted by atomic mass is 10.1. The molecular formula is C13H13N5. The molecule has 0 aromatic carbocycles. The van der Waals surface area contributed by atoms with Gasteiger partial charge in [0.25, 0.3) is 0 Å². The molecule has 0 saturated carbocycles. The fourth-order valence-electron chi connectivity index (χ4n) is 1.75. The van der Waals surface area contributed by atoms with E-state index in [1.54, 1.807) is 23.0 Å². The first kappa shape index (κ1) is 12.0. The highest BCUT2D eigenvalue weighted by atomic mass is 15.0. The number of aromatic nitrogens is 2. The van der Waals surface area contributed by atoms with Crippen molar-refractivity contribution in [1.82, 2.24) is 9.55 Å². The number of nitriles is 1. The molecule has 0 amide bonds. The van der Waals surface area contributed by atoms with Crippen molar-refractivity contribution in [1.29, 1.82) is 10.7 Å². The lowest BCUT2D eigenvalue weighted by molar-refractivity contribution is 0.661. The van der Waals surface area contributed by atoms with E-state index in [9.17, 15) is 0 Å². The zero-order valence-corrected chi connectivity index (χ0v) is 9.80. The third-order valence-corrected chi connectivity index (χ3v) is 2.64. The standard InChI is InChI=1S/C13H13N5/c14-3-6-18-9-12(7-11(8-15)13(18)16)10-1-4-17-5-2-10/h1-2,4-5,7,9,16H,3,6,14H2. The molecule has 0 spiro atoms. The van der Waals surface area contributed by atoms with E-state index in [-0.39, 0.29) is 5.49 Å². The van der Waals surface area contributed by atoms with Gasteiger partial charge in [0, 0.05) is 31.7 Å². The second-order valence-corrected chi connectivity index (χ2v) is 3.82. The van der Waals surface area contributed by atoms with E-state index in [2.05, 4.69) is 4.98 Å². The lowest BCUT2D eigenvalue weighted by Crippen LogP contribution is -2.25. The Hall–Kier alpha value is -2.45. The first-order valence-corrected chi connectivity index (χ1v) is 5.56. The Morgan fingerprint density at radius 2 is 2.06 bits per heavy atom. The average molecular weight is 239 g/mol. The molecule has 0 atom stereocenters. The highest BCUT2D eigenvalue weighted by molar-refractivity contribution is 5.63. The van der Waals surface area contributed by atoms with Gasteiger partial charge in [0.1, 0.15) is 11.6 Å². The number of nitrogens with zero attached hydrogens (tertiary/aromatic N) is 3. The largest absolute Gasteiger partial charge is 0.331 e. The van der Waals surface area contributed by atoms with Gasteiger partial charge in [-0.1, -0.05) is 0 Å². The van der Waals surface area contributed by atoms with Crippen molar-refractivity contribution < 1.29 is 0 Å². The van der Waals surface area contributed by atoms with Gasteiger partial charge in [0.2, 0.25) is 0 Å². The zero-order valence-electron chi connectivity index (χ0n) is 9.80. The second-order valence-electron chi connectivity index (χ2n) is 3.82. The number of rotatable bonds is 3. The van der Waals surface area contributed by atoms with Gasteiger partial charge in [-0.15, -0.1) is 0 Å². The summed E-state index contributed by atoms with van der Waals surface area (Å²) >= 11 is 0. The summed E-state index contributed by atoms with van der Waals surface area (Å²) in [7, 11) is 0. The molecule has 2 heterocycles. The molecule has 18 heavy (non-hydrogen) atoms. The van der Waals surface area contributed by atoms with Gasteiger partial charge in [-0.2, -0.15) is 5.26 Å². The maximum absolute atomic E-state index is 9.06. The monoisotopic (exact) mass is 239 g/mol. The van der Waals surface area contributed by atoms with Crippen molar-refractivity contribution in [2.75, 3.05) is 6.54 Å². The molecule has 0 aliphatic rings. The Kier molecular flexibility index (Phi) is 3.51. The van der Waals surface area contributed by atoms with Crippen molar-refractivity contribution >= 4 is 0 Å². The predicted molar refractivity (Wildman–Crippen MR) is 67.3 cm³/mol. The van der Waals surface area contributed by atoms with Crippen molar-refractivity contribution in [3.05, 3.63) is 47.8 Å². The molecule has 3 N–H and O–H groups in total. The van der Waals surface area contributed by atoms with Crippen LogP contribution in [-0.2, 0) is 6.54 Å². The van der Waals surface area contributed by atoms with Gasteiger partial charge >= 0.3 is 0 Å². The van der Waals surface area contributed by atoms with Crippen molar-refractivity contribution in [2.45, 2.75) is 6.54 Å². The van der Waals surface area contributed by atoms with Crippen LogP contribution in [-0.4, -0.2) is 16.1 Å². The fourth-order valence-corrected chi connectivity index (χ4v) is 1.75. The molecule has 2 aromatic heterocycles. The molecule has 90 valence electrons. The Bertz CT molecular complexity index is 637. The van der Waals surface area contributed by atoms with Crippen LogP contribution in [0.15, 0.2) is 36.8 Å². The van der Waals surface area contributed by atoms with Gasteiger partial charge < -0.3 is 10.3 Å². The summed E-state index contributed by atoms with van der Waals surface area (Å²) in [6.07, 6.45) is 5.23.